The zero-order chi connectivity index (χ0) is 21.5. The van der Waals surface area contributed by atoms with Crippen LogP contribution < -0.4 is 14.9 Å². The Labute approximate surface area is 180 Å². The molecule has 4 rings (SSSR count). The third-order valence-electron chi connectivity index (χ3n) is 4.77. The summed E-state index contributed by atoms with van der Waals surface area (Å²) in [5.74, 6) is 0.915. The van der Waals surface area contributed by atoms with Crippen molar-refractivity contribution >= 4 is 22.9 Å². The van der Waals surface area contributed by atoms with Gasteiger partial charge in [-0.25, -0.2) is 5.43 Å². The predicted molar refractivity (Wildman–Crippen MR) is 121 cm³/mol. The lowest BCUT2D eigenvalue weighted by molar-refractivity contribution is 0.0955. The first-order valence-electron chi connectivity index (χ1n) is 9.75. The number of hydrazone groups is 1. The second-order valence-electron chi connectivity index (χ2n) is 6.77. The van der Waals surface area contributed by atoms with Gasteiger partial charge >= 0.3 is 0 Å². The molecule has 3 aromatic carbocycles. The van der Waals surface area contributed by atoms with Gasteiger partial charge in [0.2, 0.25) is 0 Å². The maximum atomic E-state index is 12.0. The number of ether oxygens (including phenoxy) is 2. The molecule has 0 aliphatic heterocycles. The summed E-state index contributed by atoms with van der Waals surface area (Å²) < 4.78 is 11.5. The summed E-state index contributed by atoms with van der Waals surface area (Å²) in [4.78, 5) is 15.9. The predicted octanol–water partition coefficient (Wildman–Crippen LogP) is 4.59. The number of fused-ring (bicyclic) bond motifs is 1. The van der Waals surface area contributed by atoms with Crippen LogP contribution in [0.15, 0.2) is 90.3 Å². The smallest absolute Gasteiger partial charge is 0.271 e. The summed E-state index contributed by atoms with van der Waals surface area (Å²) in [5.41, 5.74) is 4.85. The molecule has 1 amide bonds. The number of benzene rings is 3. The van der Waals surface area contributed by atoms with Gasteiger partial charge in [0.15, 0.2) is 11.5 Å². The number of carbonyl (C=O) groups excluding carboxylic acids is 1. The zero-order valence-corrected chi connectivity index (χ0v) is 17.0. The van der Waals surface area contributed by atoms with E-state index in [1.165, 1.54) is 5.39 Å². The lowest BCUT2D eigenvalue weighted by Gasteiger charge is -2.12. The molecule has 154 valence electrons. The maximum Gasteiger partial charge on any atom is 0.271 e. The Morgan fingerprint density at radius 1 is 1.00 bits per heavy atom. The second-order valence-corrected chi connectivity index (χ2v) is 6.77. The molecule has 0 aliphatic rings. The molecule has 0 radical (unpaired) electrons. The van der Waals surface area contributed by atoms with E-state index in [-0.39, 0.29) is 5.91 Å². The molecule has 6 heteroatoms. The molecule has 4 aromatic rings. The minimum absolute atomic E-state index is 0.305. The van der Waals surface area contributed by atoms with Gasteiger partial charge in [0, 0.05) is 18.0 Å². The average Bonchev–Trinajstić information content (AvgIpc) is 2.83. The maximum absolute atomic E-state index is 12.0. The number of pyridine rings is 1. The Morgan fingerprint density at radius 3 is 2.65 bits per heavy atom. The van der Waals surface area contributed by atoms with Crippen molar-refractivity contribution in [2.24, 2.45) is 5.10 Å². The summed E-state index contributed by atoms with van der Waals surface area (Å²) >= 11 is 0. The van der Waals surface area contributed by atoms with Crippen LogP contribution in [0.3, 0.4) is 0 Å². The van der Waals surface area contributed by atoms with E-state index in [0.717, 1.165) is 16.5 Å². The van der Waals surface area contributed by atoms with Crippen molar-refractivity contribution in [1.29, 1.82) is 0 Å². The fraction of sp³-hybridized carbons (Fsp3) is 0.0800. The molecule has 0 fully saturated rings. The lowest BCUT2D eigenvalue weighted by Crippen LogP contribution is -2.17. The third-order valence-corrected chi connectivity index (χ3v) is 4.77. The van der Waals surface area contributed by atoms with Gasteiger partial charge in [0.1, 0.15) is 6.61 Å². The van der Waals surface area contributed by atoms with Crippen LogP contribution in [0, 0.1) is 0 Å². The van der Waals surface area contributed by atoms with Crippen molar-refractivity contribution in [3.8, 4) is 11.5 Å². The quantitative estimate of drug-likeness (QED) is 0.357. The second kappa shape index (κ2) is 9.54. The number of amides is 1. The van der Waals surface area contributed by atoms with Gasteiger partial charge in [-0.2, -0.15) is 5.10 Å². The molecule has 6 nitrogen and oxygen atoms in total. The van der Waals surface area contributed by atoms with Gasteiger partial charge in [0.25, 0.3) is 5.91 Å². The fourth-order valence-electron chi connectivity index (χ4n) is 3.19. The summed E-state index contributed by atoms with van der Waals surface area (Å²) in [6.07, 6.45) is 4.66. The Hall–Kier alpha value is -4.19. The highest BCUT2D eigenvalue weighted by Gasteiger charge is 2.08. The van der Waals surface area contributed by atoms with Crippen LogP contribution in [-0.2, 0) is 6.61 Å². The van der Waals surface area contributed by atoms with E-state index >= 15 is 0 Å². The molecule has 0 saturated carbocycles. The zero-order valence-electron chi connectivity index (χ0n) is 17.0. The number of nitrogens with zero attached hydrogens (tertiary/aromatic N) is 2. The first-order valence-corrected chi connectivity index (χ1v) is 9.75. The summed E-state index contributed by atoms with van der Waals surface area (Å²) in [5, 5.41) is 6.35. The summed E-state index contributed by atoms with van der Waals surface area (Å²) in [6.45, 7) is 0.424. The van der Waals surface area contributed by atoms with Crippen LogP contribution in [0.2, 0.25) is 0 Å². The highest BCUT2D eigenvalue weighted by molar-refractivity contribution is 5.94. The van der Waals surface area contributed by atoms with Gasteiger partial charge in [0.05, 0.1) is 13.3 Å². The van der Waals surface area contributed by atoms with Crippen LogP contribution in [0.1, 0.15) is 21.5 Å². The van der Waals surface area contributed by atoms with Crippen LogP contribution in [0.25, 0.3) is 10.8 Å². The van der Waals surface area contributed by atoms with Crippen molar-refractivity contribution in [1.82, 2.24) is 10.4 Å². The van der Waals surface area contributed by atoms with Gasteiger partial charge in [-0.1, -0.05) is 42.5 Å². The fourth-order valence-corrected chi connectivity index (χ4v) is 3.19. The third kappa shape index (κ3) is 4.87. The number of rotatable bonds is 7. The molecule has 1 heterocycles. The van der Waals surface area contributed by atoms with E-state index in [1.54, 1.807) is 43.9 Å². The SMILES string of the molecule is COc1cc(/C=N/NC(=O)c2ccncc2)ccc1OCc1cccc2ccccc12. The van der Waals surface area contributed by atoms with Crippen molar-refractivity contribution in [2.45, 2.75) is 6.61 Å². The lowest BCUT2D eigenvalue weighted by atomic mass is 10.1. The van der Waals surface area contributed by atoms with Crippen molar-refractivity contribution < 1.29 is 14.3 Å². The van der Waals surface area contributed by atoms with Gasteiger partial charge in [-0.15, -0.1) is 0 Å². The first kappa shape index (κ1) is 20.1. The van der Waals surface area contributed by atoms with E-state index in [0.29, 0.717) is 23.7 Å². The molecule has 0 spiro atoms. The van der Waals surface area contributed by atoms with E-state index in [9.17, 15) is 4.79 Å². The number of aromatic nitrogens is 1. The largest absolute Gasteiger partial charge is 0.493 e. The van der Waals surface area contributed by atoms with Crippen molar-refractivity contribution in [3.05, 3.63) is 102 Å². The summed E-state index contributed by atoms with van der Waals surface area (Å²) in [6, 6.07) is 23.1. The van der Waals surface area contributed by atoms with Crippen LogP contribution in [0.5, 0.6) is 11.5 Å². The topological polar surface area (TPSA) is 72.8 Å². The first-order chi connectivity index (χ1) is 15.2. The van der Waals surface area contributed by atoms with Crippen molar-refractivity contribution in [3.63, 3.8) is 0 Å². The number of hydrogen-bond acceptors (Lipinski definition) is 5. The number of carbonyl (C=O) groups is 1. The molecule has 0 atom stereocenters. The van der Waals surface area contributed by atoms with Gasteiger partial charge in [-0.3, -0.25) is 9.78 Å². The number of methoxy groups -OCH3 is 1. The Kier molecular flexibility index (Phi) is 6.18. The van der Waals surface area contributed by atoms with Crippen LogP contribution in [0.4, 0.5) is 0 Å². The van der Waals surface area contributed by atoms with Crippen LogP contribution in [-0.4, -0.2) is 24.2 Å². The van der Waals surface area contributed by atoms with Gasteiger partial charge in [-0.05, 0) is 52.2 Å². The molecular formula is C25H21N3O3. The number of nitrogens with one attached hydrogen (secondary N) is 1. The van der Waals surface area contributed by atoms with E-state index in [4.69, 9.17) is 9.47 Å². The average molecular weight is 411 g/mol. The van der Waals surface area contributed by atoms with Crippen LogP contribution >= 0.6 is 0 Å². The molecule has 1 aromatic heterocycles. The minimum atomic E-state index is -0.305. The molecule has 0 bridgehead atoms. The molecule has 31 heavy (non-hydrogen) atoms. The van der Waals surface area contributed by atoms with Crippen molar-refractivity contribution in [2.75, 3.05) is 7.11 Å². The Bertz CT molecular complexity index is 1220. The molecule has 1 N–H and O–H groups in total. The molecular weight excluding hydrogens is 390 g/mol. The highest BCUT2D eigenvalue weighted by Crippen LogP contribution is 2.29. The highest BCUT2D eigenvalue weighted by atomic mass is 16.5. The summed E-state index contributed by atoms with van der Waals surface area (Å²) in [7, 11) is 1.59. The number of hydrogen-bond donors (Lipinski definition) is 1. The monoisotopic (exact) mass is 411 g/mol. The Morgan fingerprint density at radius 2 is 1.81 bits per heavy atom. The minimum Gasteiger partial charge on any atom is -0.493 e. The molecule has 0 aliphatic carbocycles. The van der Waals surface area contributed by atoms with E-state index < -0.39 is 0 Å². The molecule has 0 unspecified atom stereocenters. The molecule has 0 saturated heterocycles. The standard InChI is InChI=1S/C25H21N3O3/c1-30-24-15-18(16-27-28-25(29)20-11-13-26-14-12-20)9-10-23(24)31-17-21-7-4-6-19-5-2-3-8-22(19)21/h2-16H,17H2,1H3,(H,28,29)/b27-16+. The van der Waals surface area contributed by atoms with Gasteiger partial charge < -0.3 is 9.47 Å². The van der Waals surface area contributed by atoms with E-state index in [2.05, 4.69) is 39.8 Å². The van der Waals surface area contributed by atoms with E-state index in [1.807, 2.05) is 30.3 Å². The normalized spacial score (nSPS) is 10.9. The Balaban J connectivity index is 1.43.